The third kappa shape index (κ3) is 2.02. The highest BCUT2D eigenvalue weighted by Crippen LogP contribution is 2.22. The molecule has 1 aromatic heterocycles. The fraction of sp³-hybridized carbons (Fsp3) is 0.455. The van der Waals surface area contributed by atoms with Gasteiger partial charge in [-0.2, -0.15) is 0 Å². The molecular formula is C11H15FN2O3. The largest absolute Gasteiger partial charge is 0.504 e. The van der Waals surface area contributed by atoms with Gasteiger partial charge in [0.05, 0.1) is 5.69 Å². The molecule has 0 aliphatic rings. The molecule has 2 N–H and O–H groups in total. The Labute approximate surface area is 97.9 Å². The van der Waals surface area contributed by atoms with Crippen LogP contribution < -0.4 is 10.9 Å². The van der Waals surface area contributed by atoms with Crippen LogP contribution in [0.4, 0.5) is 4.39 Å². The summed E-state index contributed by atoms with van der Waals surface area (Å²) < 4.78 is 14.8. The van der Waals surface area contributed by atoms with Crippen molar-refractivity contribution < 1.29 is 14.3 Å². The molecule has 1 aromatic rings. The van der Waals surface area contributed by atoms with Crippen LogP contribution in [-0.2, 0) is 0 Å². The van der Waals surface area contributed by atoms with Crippen molar-refractivity contribution in [1.82, 2.24) is 9.88 Å². The van der Waals surface area contributed by atoms with Gasteiger partial charge in [-0.25, -0.2) is 4.39 Å². The quantitative estimate of drug-likeness (QED) is 0.810. The number of nitrogens with one attached hydrogen (secondary N) is 1. The molecule has 0 saturated carbocycles. The van der Waals surface area contributed by atoms with Gasteiger partial charge in [0.15, 0.2) is 11.6 Å². The van der Waals surface area contributed by atoms with Crippen LogP contribution in [0.5, 0.6) is 5.75 Å². The number of aromatic hydroxyl groups is 1. The van der Waals surface area contributed by atoms with Gasteiger partial charge in [0.2, 0.25) is 0 Å². The predicted octanol–water partition coefficient (Wildman–Crippen LogP) is 0.942. The number of amides is 1. The van der Waals surface area contributed by atoms with E-state index in [9.17, 15) is 19.1 Å². The van der Waals surface area contributed by atoms with Crippen molar-refractivity contribution in [3.63, 3.8) is 0 Å². The third-order valence-corrected chi connectivity index (χ3v) is 2.53. The molecule has 0 unspecified atom stereocenters. The maximum atomic E-state index is 13.7. The lowest BCUT2D eigenvalue weighted by Gasteiger charge is -2.17. The smallest absolute Gasteiger partial charge is 0.267 e. The van der Waals surface area contributed by atoms with Gasteiger partial charge in [0, 0.05) is 13.1 Å². The lowest BCUT2D eigenvalue weighted by atomic mass is 10.1. The third-order valence-electron chi connectivity index (χ3n) is 2.53. The van der Waals surface area contributed by atoms with Gasteiger partial charge in [0.25, 0.3) is 11.5 Å². The van der Waals surface area contributed by atoms with Crippen molar-refractivity contribution >= 4 is 5.91 Å². The number of carbonyl (C=O) groups excluding carboxylic acids is 1. The van der Waals surface area contributed by atoms with E-state index in [1.54, 1.807) is 13.8 Å². The lowest BCUT2D eigenvalue weighted by molar-refractivity contribution is 0.0957. The second-order valence-electron chi connectivity index (χ2n) is 3.97. The molecule has 5 nitrogen and oxygen atoms in total. The molecule has 6 heteroatoms. The zero-order valence-electron chi connectivity index (χ0n) is 10.2. The summed E-state index contributed by atoms with van der Waals surface area (Å²) in [4.78, 5) is 23.4. The van der Waals surface area contributed by atoms with Gasteiger partial charge in [0.1, 0.15) is 5.56 Å². The highest BCUT2D eigenvalue weighted by Gasteiger charge is 2.24. The maximum Gasteiger partial charge on any atom is 0.267 e. The summed E-state index contributed by atoms with van der Waals surface area (Å²) >= 11 is 0. The van der Waals surface area contributed by atoms with Crippen LogP contribution in [0.3, 0.4) is 0 Å². The average Bonchev–Trinajstić information content (AvgIpc) is 2.25. The van der Waals surface area contributed by atoms with Crippen LogP contribution in [0.25, 0.3) is 0 Å². The van der Waals surface area contributed by atoms with Crippen molar-refractivity contribution in [3.8, 4) is 5.75 Å². The van der Waals surface area contributed by atoms with Crippen LogP contribution in [0.1, 0.15) is 35.9 Å². The summed E-state index contributed by atoms with van der Waals surface area (Å²) in [5.41, 5.74) is -1.25. The van der Waals surface area contributed by atoms with E-state index in [0.29, 0.717) is 0 Å². The Bertz CT molecular complexity index is 520. The SMILES string of the molecule is CNC(=O)c1c(O)c(F)c(C)n(C(C)C)c1=O. The summed E-state index contributed by atoms with van der Waals surface area (Å²) in [5, 5.41) is 11.7. The molecule has 0 atom stereocenters. The van der Waals surface area contributed by atoms with Crippen molar-refractivity contribution in [3.05, 3.63) is 27.4 Å². The van der Waals surface area contributed by atoms with E-state index in [0.717, 1.165) is 4.57 Å². The highest BCUT2D eigenvalue weighted by molar-refractivity contribution is 5.96. The van der Waals surface area contributed by atoms with Crippen molar-refractivity contribution in [2.45, 2.75) is 26.8 Å². The van der Waals surface area contributed by atoms with Crippen molar-refractivity contribution in [2.75, 3.05) is 7.05 Å². The normalized spacial score (nSPS) is 10.7. The van der Waals surface area contributed by atoms with Gasteiger partial charge in [-0.3, -0.25) is 9.59 Å². The van der Waals surface area contributed by atoms with Crippen LogP contribution >= 0.6 is 0 Å². The topological polar surface area (TPSA) is 71.3 Å². The Morgan fingerprint density at radius 1 is 1.47 bits per heavy atom. The van der Waals surface area contributed by atoms with E-state index in [1.807, 2.05) is 0 Å². The van der Waals surface area contributed by atoms with Gasteiger partial charge < -0.3 is 15.0 Å². The molecule has 0 aliphatic carbocycles. The van der Waals surface area contributed by atoms with E-state index in [1.165, 1.54) is 14.0 Å². The molecule has 1 rings (SSSR count). The minimum Gasteiger partial charge on any atom is -0.504 e. The van der Waals surface area contributed by atoms with E-state index in [2.05, 4.69) is 5.32 Å². The molecule has 0 radical (unpaired) electrons. The Kier molecular flexibility index (Phi) is 3.55. The summed E-state index contributed by atoms with van der Waals surface area (Å²) in [6.07, 6.45) is 0. The Hall–Kier alpha value is -1.85. The van der Waals surface area contributed by atoms with Crippen LogP contribution in [0, 0.1) is 12.7 Å². The monoisotopic (exact) mass is 242 g/mol. The zero-order valence-corrected chi connectivity index (χ0v) is 10.2. The first kappa shape index (κ1) is 13.2. The highest BCUT2D eigenvalue weighted by atomic mass is 19.1. The molecule has 0 spiro atoms. The average molecular weight is 242 g/mol. The Balaban J connectivity index is 3.75. The molecule has 0 aliphatic heterocycles. The number of halogens is 1. The molecule has 17 heavy (non-hydrogen) atoms. The van der Waals surface area contributed by atoms with E-state index >= 15 is 0 Å². The second-order valence-corrected chi connectivity index (χ2v) is 3.97. The van der Waals surface area contributed by atoms with Crippen LogP contribution in [-0.4, -0.2) is 22.6 Å². The molecule has 0 fully saturated rings. The second kappa shape index (κ2) is 4.57. The van der Waals surface area contributed by atoms with Crippen LogP contribution in [0.15, 0.2) is 4.79 Å². The van der Waals surface area contributed by atoms with Crippen molar-refractivity contribution in [2.24, 2.45) is 0 Å². The number of hydrogen-bond acceptors (Lipinski definition) is 3. The predicted molar refractivity (Wildman–Crippen MR) is 60.8 cm³/mol. The first-order valence-electron chi connectivity index (χ1n) is 5.18. The number of rotatable bonds is 2. The first-order chi connectivity index (χ1) is 7.82. The molecule has 0 saturated heterocycles. The fourth-order valence-corrected chi connectivity index (χ4v) is 1.71. The molecule has 1 amide bonds. The molecule has 0 bridgehead atoms. The number of pyridine rings is 1. The maximum absolute atomic E-state index is 13.7. The lowest BCUT2D eigenvalue weighted by Crippen LogP contribution is -2.34. The van der Waals surface area contributed by atoms with Gasteiger partial charge in [-0.15, -0.1) is 0 Å². The standard InChI is InChI=1S/C11H15FN2O3/c1-5(2)14-6(3)8(12)9(15)7(11(14)17)10(16)13-4/h5,15H,1-4H3,(H,13,16). The van der Waals surface area contributed by atoms with E-state index < -0.39 is 28.6 Å². The minimum absolute atomic E-state index is 0.00940. The van der Waals surface area contributed by atoms with Crippen LogP contribution in [0.2, 0.25) is 0 Å². The first-order valence-corrected chi connectivity index (χ1v) is 5.18. The Morgan fingerprint density at radius 2 is 2.00 bits per heavy atom. The van der Waals surface area contributed by atoms with Crippen molar-refractivity contribution in [1.29, 1.82) is 0 Å². The van der Waals surface area contributed by atoms with E-state index in [-0.39, 0.29) is 11.7 Å². The molecular weight excluding hydrogens is 227 g/mol. The zero-order chi connectivity index (χ0) is 13.3. The number of carbonyl (C=O) groups is 1. The number of aromatic nitrogens is 1. The molecule has 1 heterocycles. The Morgan fingerprint density at radius 3 is 2.41 bits per heavy atom. The number of hydrogen-bond donors (Lipinski definition) is 2. The van der Waals surface area contributed by atoms with E-state index in [4.69, 9.17) is 0 Å². The summed E-state index contributed by atoms with van der Waals surface area (Å²) in [5.74, 6) is -2.65. The summed E-state index contributed by atoms with van der Waals surface area (Å²) in [7, 11) is 1.30. The molecule has 0 aromatic carbocycles. The van der Waals surface area contributed by atoms with Gasteiger partial charge in [-0.1, -0.05) is 0 Å². The molecule has 94 valence electrons. The fourth-order valence-electron chi connectivity index (χ4n) is 1.71. The number of nitrogens with zero attached hydrogens (tertiary/aromatic N) is 1. The summed E-state index contributed by atoms with van der Waals surface area (Å²) in [6, 6.07) is -0.305. The minimum atomic E-state index is -0.947. The van der Waals surface area contributed by atoms with Gasteiger partial charge >= 0.3 is 0 Å². The summed E-state index contributed by atoms with van der Waals surface area (Å²) in [6.45, 7) is 4.77. The van der Waals surface area contributed by atoms with Gasteiger partial charge in [-0.05, 0) is 20.8 Å².